The van der Waals surface area contributed by atoms with Gasteiger partial charge in [-0.3, -0.25) is 4.79 Å². The summed E-state index contributed by atoms with van der Waals surface area (Å²) < 4.78 is 2.19. The van der Waals surface area contributed by atoms with Crippen LogP contribution in [0.2, 0.25) is 0 Å². The fourth-order valence-electron chi connectivity index (χ4n) is 2.52. The maximum absolute atomic E-state index is 10.8. The van der Waals surface area contributed by atoms with E-state index in [0.717, 1.165) is 28.7 Å². The first-order valence-corrected chi connectivity index (χ1v) is 7.84. The molecule has 1 aliphatic rings. The van der Waals surface area contributed by atoms with Crippen LogP contribution in [0.4, 0.5) is 0 Å². The first-order valence-electron chi connectivity index (χ1n) is 6.86. The predicted octanol–water partition coefficient (Wildman–Crippen LogP) is 3.18. The van der Waals surface area contributed by atoms with Gasteiger partial charge in [0.1, 0.15) is 0 Å². The van der Waals surface area contributed by atoms with E-state index < -0.39 is 5.97 Å². The number of hydrogen-bond acceptors (Lipinski definition) is 3. The molecule has 1 aromatic heterocycles. The maximum Gasteiger partial charge on any atom is 0.313 e. The summed E-state index contributed by atoms with van der Waals surface area (Å²) in [4.78, 5) is 15.4. The lowest BCUT2D eigenvalue weighted by molar-refractivity contribution is -0.133. The average Bonchev–Trinajstić information content (AvgIpc) is 2.96. The Morgan fingerprint density at radius 1 is 1.55 bits per heavy atom. The molecule has 0 spiro atoms. The number of nitrogens with zero attached hydrogens (tertiary/aromatic N) is 2. The molecule has 1 aromatic carbocycles. The number of imidazole rings is 1. The van der Waals surface area contributed by atoms with Crippen molar-refractivity contribution in [2.24, 2.45) is 11.8 Å². The van der Waals surface area contributed by atoms with E-state index in [9.17, 15) is 4.79 Å². The summed E-state index contributed by atoms with van der Waals surface area (Å²) in [5, 5.41) is 9.69. The Labute approximate surface area is 122 Å². The zero-order chi connectivity index (χ0) is 14.3. The van der Waals surface area contributed by atoms with Gasteiger partial charge in [0.2, 0.25) is 0 Å². The molecule has 1 N–H and O–H groups in total. The largest absolute Gasteiger partial charge is 0.481 e. The Morgan fingerprint density at radius 2 is 2.30 bits per heavy atom. The van der Waals surface area contributed by atoms with Crippen molar-refractivity contribution in [3.63, 3.8) is 0 Å². The van der Waals surface area contributed by atoms with Gasteiger partial charge in [0.15, 0.2) is 5.16 Å². The molecule has 2 aromatic rings. The fourth-order valence-corrected chi connectivity index (χ4v) is 3.26. The van der Waals surface area contributed by atoms with Gasteiger partial charge >= 0.3 is 5.97 Å². The van der Waals surface area contributed by atoms with Crippen molar-refractivity contribution in [3.05, 3.63) is 23.8 Å². The number of aromatic nitrogens is 2. The molecular formula is C15H18N2O2S. The van der Waals surface area contributed by atoms with Crippen molar-refractivity contribution >= 4 is 28.8 Å². The molecule has 1 heterocycles. The van der Waals surface area contributed by atoms with Crippen LogP contribution >= 0.6 is 11.8 Å². The second-order valence-corrected chi connectivity index (χ2v) is 6.60. The van der Waals surface area contributed by atoms with Gasteiger partial charge in [0.25, 0.3) is 0 Å². The topological polar surface area (TPSA) is 55.1 Å². The lowest BCUT2D eigenvalue weighted by Gasteiger charge is -2.07. The second-order valence-electron chi connectivity index (χ2n) is 5.65. The first kappa shape index (κ1) is 13.5. The molecule has 0 radical (unpaired) electrons. The summed E-state index contributed by atoms with van der Waals surface area (Å²) in [5.74, 6) is 0.736. The number of rotatable bonds is 5. The van der Waals surface area contributed by atoms with Crippen LogP contribution in [0.1, 0.15) is 18.9 Å². The van der Waals surface area contributed by atoms with Gasteiger partial charge in [-0.25, -0.2) is 4.98 Å². The molecule has 1 aliphatic carbocycles. The van der Waals surface area contributed by atoms with Gasteiger partial charge in [-0.15, -0.1) is 0 Å². The molecular weight excluding hydrogens is 272 g/mol. The van der Waals surface area contributed by atoms with E-state index in [1.807, 2.05) is 6.92 Å². The highest BCUT2D eigenvalue weighted by Gasteiger charge is 2.33. The van der Waals surface area contributed by atoms with Crippen LogP contribution in [-0.4, -0.2) is 26.4 Å². The van der Waals surface area contributed by atoms with E-state index >= 15 is 0 Å². The van der Waals surface area contributed by atoms with E-state index in [4.69, 9.17) is 5.11 Å². The summed E-state index contributed by atoms with van der Waals surface area (Å²) in [6, 6.07) is 6.24. The van der Waals surface area contributed by atoms with Crippen molar-refractivity contribution in [1.82, 2.24) is 9.55 Å². The van der Waals surface area contributed by atoms with Gasteiger partial charge in [-0.2, -0.15) is 0 Å². The zero-order valence-electron chi connectivity index (χ0n) is 11.7. The third kappa shape index (κ3) is 2.68. The molecule has 1 saturated carbocycles. The number of hydrogen-bond donors (Lipinski definition) is 1. The molecule has 20 heavy (non-hydrogen) atoms. The lowest BCUT2D eigenvalue weighted by atomic mass is 10.2. The van der Waals surface area contributed by atoms with Crippen LogP contribution < -0.4 is 0 Å². The predicted molar refractivity (Wildman–Crippen MR) is 80.1 cm³/mol. The zero-order valence-corrected chi connectivity index (χ0v) is 12.5. The average molecular weight is 290 g/mol. The Morgan fingerprint density at radius 3 is 2.95 bits per heavy atom. The SMILES string of the molecule is Cc1ccc2c(c1)nc(SCC(=O)O)n2CC1CC1C. The monoisotopic (exact) mass is 290 g/mol. The van der Waals surface area contributed by atoms with Gasteiger partial charge < -0.3 is 9.67 Å². The van der Waals surface area contributed by atoms with E-state index in [0.29, 0.717) is 5.92 Å². The fraction of sp³-hybridized carbons (Fsp3) is 0.467. The molecule has 0 amide bonds. The summed E-state index contributed by atoms with van der Waals surface area (Å²) in [5.41, 5.74) is 3.26. The van der Waals surface area contributed by atoms with Crippen molar-refractivity contribution < 1.29 is 9.90 Å². The van der Waals surface area contributed by atoms with Gasteiger partial charge in [0.05, 0.1) is 16.8 Å². The smallest absolute Gasteiger partial charge is 0.313 e. The highest BCUT2D eigenvalue weighted by molar-refractivity contribution is 7.99. The minimum Gasteiger partial charge on any atom is -0.481 e. The van der Waals surface area contributed by atoms with E-state index in [1.165, 1.54) is 23.7 Å². The van der Waals surface area contributed by atoms with Gasteiger partial charge in [0, 0.05) is 6.54 Å². The molecule has 2 unspecified atom stereocenters. The number of thioether (sulfide) groups is 1. The lowest BCUT2D eigenvalue weighted by Crippen LogP contribution is -2.05. The minimum atomic E-state index is -0.801. The number of carboxylic acid groups (broad SMARTS) is 1. The summed E-state index contributed by atoms with van der Waals surface area (Å²) in [6.45, 7) is 5.26. The standard InChI is InChI=1S/C15H18N2O2S/c1-9-3-4-13-12(5-9)16-15(20-8-14(18)19)17(13)7-11-6-10(11)2/h3-5,10-11H,6-8H2,1-2H3,(H,18,19). The van der Waals surface area contributed by atoms with Crippen LogP contribution in [0.5, 0.6) is 0 Å². The Kier molecular flexibility index (Phi) is 3.46. The number of carbonyl (C=O) groups is 1. The number of benzene rings is 1. The van der Waals surface area contributed by atoms with E-state index in [2.05, 4.69) is 34.7 Å². The van der Waals surface area contributed by atoms with Crippen LogP contribution in [-0.2, 0) is 11.3 Å². The van der Waals surface area contributed by atoms with Crippen LogP contribution in [0.25, 0.3) is 11.0 Å². The third-order valence-corrected chi connectivity index (χ3v) is 4.85. The van der Waals surface area contributed by atoms with Crippen LogP contribution in [0, 0.1) is 18.8 Å². The second kappa shape index (κ2) is 5.13. The van der Waals surface area contributed by atoms with Crippen molar-refractivity contribution in [1.29, 1.82) is 0 Å². The molecule has 0 aliphatic heterocycles. The highest BCUT2D eigenvalue weighted by atomic mass is 32.2. The van der Waals surface area contributed by atoms with Crippen molar-refractivity contribution in [2.45, 2.75) is 32.0 Å². The van der Waals surface area contributed by atoms with Gasteiger partial charge in [-0.05, 0) is 42.9 Å². The number of fused-ring (bicyclic) bond motifs is 1. The molecule has 5 heteroatoms. The van der Waals surface area contributed by atoms with Gasteiger partial charge in [-0.1, -0.05) is 24.8 Å². The molecule has 3 rings (SSSR count). The van der Waals surface area contributed by atoms with Crippen molar-refractivity contribution in [3.8, 4) is 0 Å². The number of carboxylic acids is 1. The molecule has 106 valence electrons. The summed E-state index contributed by atoms with van der Waals surface area (Å²) >= 11 is 1.31. The summed E-state index contributed by atoms with van der Waals surface area (Å²) in [6.07, 6.45) is 1.26. The van der Waals surface area contributed by atoms with Crippen molar-refractivity contribution in [2.75, 3.05) is 5.75 Å². The van der Waals surface area contributed by atoms with E-state index in [1.54, 1.807) is 0 Å². The number of aryl methyl sites for hydroxylation is 1. The molecule has 1 fully saturated rings. The minimum absolute atomic E-state index is 0.0581. The molecule has 2 atom stereocenters. The quantitative estimate of drug-likeness (QED) is 0.859. The van der Waals surface area contributed by atoms with E-state index in [-0.39, 0.29) is 5.75 Å². The Balaban J connectivity index is 1.96. The number of aliphatic carboxylic acids is 1. The summed E-state index contributed by atoms with van der Waals surface area (Å²) in [7, 11) is 0. The van der Waals surface area contributed by atoms with Crippen LogP contribution in [0.15, 0.2) is 23.4 Å². The first-order chi connectivity index (χ1) is 9.54. The third-order valence-electron chi connectivity index (χ3n) is 3.89. The normalized spacial score (nSPS) is 21.3. The molecule has 4 nitrogen and oxygen atoms in total. The maximum atomic E-state index is 10.8. The Bertz CT molecular complexity index is 665. The molecule has 0 bridgehead atoms. The molecule has 0 saturated heterocycles. The van der Waals surface area contributed by atoms with Crippen LogP contribution in [0.3, 0.4) is 0 Å². The highest BCUT2D eigenvalue weighted by Crippen LogP contribution is 2.40. The Hall–Kier alpha value is -1.49.